The van der Waals surface area contributed by atoms with Crippen molar-refractivity contribution in [2.24, 2.45) is 0 Å². The van der Waals surface area contributed by atoms with E-state index in [0.29, 0.717) is 12.8 Å². The summed E-state index contributed by atoms with van der Waals surface area (Å²) in [5.41, 5.74) is 0.344. The lowest BCUT2D eigenvalue weighted by molar-refractivity contribution is -0.132. The SMILES string of the molecule is C=C(C)CN1CCC2(CC1)NC(=O)N(CCC#N)C2=O. The van der Waals surface area contributed by atoms with Gasteiger partial charge < -0.3 is 5.32 Å². The summed E-state index contributed by atoms with van der Waals surface area (Å²) >= 11 is 0. The Morgan fingerprint density at radius 2 is 2.10 bits per heavy atom. The van der Waals surface area contributed by atoms with Crippen LogP contribution < -0.4 is 5.32 Å². The number of carbonyl (C=O) groups excluding carboxylic acids is 2. The second-order valence-corrected chi connectivity index (χ2v) is 5.61. The van der Waals surface area contributed by atoms with Crippen molar-refractivity contribution in [3.63, 3.8) is 0 Å². The molecule has 1 N–H and O–H groups in total. The van der Waals surface area contributed by atoms with Crippen LogP contribution in [0.2, 0.25) is 0 Å². The van der Waals surface area contributed by atoms with Crippen molar-refractivity contribution >= 4 is 11.9 Å². The molecule has 0 saturated carbocycles. The smallest absolute Gasteiger partial charge is 0.323 e. The number of hydrogen-bond donors (Lipinski definition) is 1. The molecule has 6 heteroatoms. The molecule has 0 bridgehead atoms. The molecule has 0 aromatic rings. The number of nitrogens with zero attached hydrogens (tertiary/aromatic N) is 3. The Balaban J connectivity index is 2.00. The number of rotatable bonds is 4. The van der Waals surface area contributed by atoms with E-state index in [1.165, 1.54) is 4.90 Å². The number of hydrogen-bond acceptors (Lipinski definition) is 4. The van der Waals surface area contributed by atoms with Gasteiger partial charge in [0.05, 0.1) is 12.5 Å². The Morgan fingerprint density at radius 1 is 1.45 bits per heavy atom. The minimum Gasteiger partial charge on any atom is -0.323 e. The maximum atomic E-state index is 12.4. The van der Waals surface area contributed by atoms with E-state index < -0.39 is 5.54 Å². The van der Waals surface area contributed by atoms with Gasteiger partial charge in [0.15, 0.2) is 0 Å². The second-order valence-electron chi connectivity index (χ2n) is 5.61. The van der Waals surface area contributed by atoms with Crippen LogP contribution in [-0.2, 0) is 4.79 Å². The van der Waals surface area contributed by atoms with Gasteiger partial charge in [0.1, 0.15) is 5.54 Å². The first kappa shape index (κ1) is 14.5. The van der Waals surface area contributed by atoms with Gasteiger partial charge in [-0.3, -0.25) is 14.6 Å². The molecule has 20 heavy (non-hydrogen) atoms. The van der Waals surface area contributed by atoms with Gasteiger partial charge in [-0.1, -0.05) is 12.2 Å². The molecular weight excluding hydrogens is 256 g/mol. The van der Waals surface area contributed by atoms with Crippen LogP contribution in [0.1, 0.15) is 26.2 Å². The minimum absolute atomic E-state index is 0.173. The average molecular weight is 276 g/mol. The van der Waals surface area contributed by atoms with Crippen molar-refractivity contribution < 1.29 is 9.59 Å². The first-order valence-electron chi connectivity index (χ1n) is 6.86. The van der Waals surface area contributed by atoms with Gasteiger partial charge >= 0.3 is 6.03 Å². The number of amides is 3. The van der Waals surface area contributed by atoms with Crippen LogP contribution in [-0.4, -0.2) is 53.5 Å². The first-order valence-corrected chi connectivity index (χ1v) is 6.86. The fraction of sp³-hybridized carbons (Fsp3) is 0.643. The molecule has 1 spiro atoms. The number of imide groups is 1. The summed E-state index contributed by atoms with van der Waals surface area (Å²) in [6.07, 6.45) is 1.42. The van der Waals surface area contributed by atoms with Crippen LogP contribution in [0, 0.1) is 11.3 Å². The van der Waals surface area contributed by atoms with Gasteiger partial charge in [-0.25, -0.2) is 4.79 Å². The Hall–Kier alpha value is -1.87. The van der Waals surface area contributed by atoms with Crippen molar-refractivity contribution in [1.29, 1.82) is 5.26 Å². The Kier molecular flexibility index (Phi) is 4.09. The van der Waals surface area contributed by atoms with Crippen LogP contribution in [0.4, 0.5) is 4.79 Å². The standard InChI is InChI=1S/C14H20N4O2/c1-11(2)10-17-8-4-14(5-9-17)12(19)18(7-3-6-15)13(20)16-14/h1,3-5,7-10H2,2H3,(H,16,20). The molecule has 2 aliphatic rings. The third-order valence-electron chi connectivity index (χ3n) is 3.90. The lowest BCUT2D eigenvalue weighted by atomic mass is 9.87. The maximum Gasteiger partial charge on any atom is 0.325 e. The van der Waals surface area contributed by atoms with Gasteiger partial charge in [-0.2, -0.15) is 5.26 Å². The molecule has 2 saturated heterocycles. The topological polar surface area (TPSA) is 76.4 Å². The van der Waals surface area contributed by atoms with Crippen LogP contribution in [0.5, 0.6) is 0 Å². The molecule has 0 atom stereocenters. The highest BCUT2D eigenvalue weighted by molar-refractivity contribution is 6.07. The van der Waals surface area contributed by atoms with Gasteiger partial charge in [-0.15, -0.1) is 0 Å². The summed E-state index contributed by atoms with van der Waals surface area (Å²) in [5.74, 6) is -0.173. The van der Waals surface area contributed by atoms with E-state index in [-0.39, 0.29) is 24.9 Å². The molecular formula is C14H20N4O2. The second kappa shape index (κ2) is 5.63. The zero-order chi connectivity index (χ0) is 14.8. The molecule has 0 aromatic carbocycles. The average Bonchev–Trinajstić information content (AvgIpc) is 2.62. The minimum atomic E-state index is -0.752. The lowest BCUT2D eigenvalue weighted by Gasteiger charge is -2.37. The molecule has 3 amide bonds. The van der Waals surface area contributed by atoms with Crippen molar-refractivity contribution in [2.45, 2.75) is 31.7 Å². The quantitative estimate of drug-likeness (QED) is 0.610. The van der Waals surface area contributed by atoms with Crippen LogP contribution in [0.25, 0.3) is 0 Å². The summed E-state index contributed by atoms with van der Waals surface area (Å²) in [5, 5.41) is 11.4. The fourth-order valence-electron chi connectivity index (χ4n) is 2.85. The van der Waals surface area contributed by atoms with Crippen molar-refractivity contribution in [2.75, 3.05) is 26.2 Å². The van der Waals surface area contributed by atoms with E-state index in [0.717, 1.165) is 25.2 Å². The highest BCUT2D eigenvalue weighted by Gasteiger charge is 2.51. The summed E-state index contributed by atoms with van der Waals surface area (Å²) in [6, 6.07) is 1.60. The number of nitrogens with one attached hydrogen (secondary N) is 1. The number of nitriles is 1. The number of piperidine rings is 1. The molecule has 2 heterocycles. The molecule has 108 valence electrons. The summed E-state index contributed by atoms with van der Waals surface area (Å²) in [6.45, 7) is 8.42. The van der Waals surface area contributed by atoms with Crippen LogP contribution in [0.3, 0.4) is 0 Å². The lowest BCUT2D eigenvalue weighted by Crippen LogP contribution is -2.55. The van der Waals surface area contributed by atoms with E-state index >= 15 is 0 Å². The van der Waals surface area contributed by atoms with Crippen molar-refractivity contribution in [3.8, 4) is 6.07 Å². The molecule has 0 aromatic heterocycles. The van der Waals surface area contributed by atoms with E-state index in [1.807, 2.05) is 13.0 Å². The van der Waals surface area contributed by atoms with Crippen LogP contribution >= 0.6 is 0 Å². The summed E-state index contributed by atoms with van der Waals surface area (Å²) < 4.78 is 0. The predicted octanol–water partition coefficient (Wildman–Crippen LogP) is 0.863. The van der Waals surface area contributed by atoms with Gasteiger partial charge in [0.25, 0.3) is 5.91 Å². The zero-order valence-corrected chi connectivity index (χ0v) is 11.8. The first-order chi connectivity index (χ1) is 9.48. The fourth-order valence-corrected chi connectivity index (χ4v) is 2.85. The van der Waals surface area contributed by atoms with E-state index in [2.05, 4.69) is 16.8 Å². The maximum absolute atomic E-state index is 12.4. The van der Waals surface area contributed by atoms with Crippen LogP contribution in [0.15, 0.2) is 12.2 Å². The number of urea groups is 1. The Morgan fingerprint density at radius 3 is 2.65 bits per heavy atom. The molecule has 6 nitrogen and oxygen atoms in total. The molecule has 2 fully saturated rings. The normalized spacial score (nSPS) is 21.9. The summed E-state index contributed by atoms with van der Waals surface area (Å²) in [4.78, 5) is 27.7. The Labute approximate surface area is 119 Å². The highest BCUT2D eigenvalue weighted by Crippen LogP contribution is 2.29. The predicted molar refractivity (Wildman–Crippen MR) is 73.7 cm³/mol. The number of carbonyl (C=O) groups is 2. The molecule has 2 aliphatic heterocycles. The number of likely N-dealkylation sites (tertiary alicyclic amines) is 1. The molecule has 2 rings (SSSR count). The highest BCUT2D eigenvalue weighted by atomic mass is 16.2. The third kappa shape index (κ3) is 2.68. The van der Waals surface area contributed by atoms with Crippen molar-refractivity contribution in [1.82, 2.24) is 15.1 Å². The molecule has 0 aliphatic carbocycles. The molecule has 0 unspecified atom stereocenters. The van der Waals surface area contributed by atoms with Crippen molar-refractivity contribution in [3.05, 3.63) is 12.2 Å². The van der Waals surface area contributed by atoms with E-state index in [1.54, 1.807) is 0 Å². The van der Waals surface area contributed by atoms with Gasteiger partial charge in [0.2, 0.25) is 0 Å². The van der Waals surface area contributed by atoms with Gasteiger partial charge in [0, 0.05) is 26.2 Å². The van der Waals surface area contributed by atoms with Gasteiger partial charge in [-0.05, 0) is 19.8 Å². The monoisotopic (exact) mass is 276 g/mol. The van der Waals surface area contributed by atoms with E-state index in [4.69, 9.17) is 5.26 Å². The largest absolute Gasteiger partial charge is 0.325 e. The Bertz CT molecular complexity index is 472. The summed E-state index contributed by atoms with van der Waals surface area (Å²) in [7, 11) is 0. The van der Waals surface area contributed by atoms with E-state index in [9.17, 15) is 9.59 Å². The third-order valence-corrected chi connectivity index (χ3v) is 3.90. The molecule has 0 radical (unpaired) electrons. The zero-order valence-electron chi connectivity index (χ0n) is 11.8.